The molecule has 0 bridgehead atoms. The van der Waals surface area contributed by atoms with Crippen molar-refractivity contribution in [2.45, 2.75) is 24.9 Å². The second kappa shape index (κ2) is 9.69. The molecule has 0 saturated heterocycles. The lowest BCUT2D eigenvalue weighted by Crippen LogP contribution is -2.55. The predicted molar refractivity (Wildman–Crippen MR) is 119 cm³/mol. The molecule has 3 nitrogen and oxygen atoms in total. The van der Waals surface area contributed by atoms with Crippen LogP contribution in [0.25, 0.3) is 0 Å². The average Bonchev–Trinajstić information content (AvgIpc) is 2.71. The third kappa shape index (κ3) is 4.04. The summed E-state index contributed by atoms with van der Waals surface area (Å²) in [7, 11) is 0. The zero-order chi connectivity index (χ0) is 20.6. The first kappa shape index (κ1) is 21.9. The Balaban J connectivity index is 0.000000878. The third-order valence-corrected chi connectivity index (χ3v) is 5.20. The standard InChI is InChI=1S/C22H20O2S.C2H7N/c1-21(24,20(23)25)22(17-11-5-2-6-12-17,18-13-7-3-8-14-18)19-15-9-4-10-16-19;1-2-3/h2-16,24H,1H3,(H,23,25);2-3H2,1H3. The summed E-state index contributed by atoms with van der Waals surface area (Å²) < 4.78 is 0. The van der Waals surface area contributed by atoms with E-state index in [1.165, 1.54) is 6.92 Å². The fourth-order valence-electron chi connectivity index (χ4n) is 3.57. The lowest BCUT2D eigenvalue weighted by molar-refractivity contribution is -0.130. The molecule has 0 aliphatic rings. The minimum Gasteiger partial charge on any atom is -0.380 e. The van der Waals surface area contributed by atoms with Gasteiger partial charge < -0.3 is 10.8 Å². The van der Waals surface area contributed by atoms with E-state index >= 15 is 0 Å². The summed E-state index contributed by atoms with van der Waals surface area (Å²) >= 11 is 4.03. The Morgan fingerprint density at radius 1 is 0.821 bits per heavy atom. The zero-order valence-electron chi connectivity index (χ0n) is 16.2. The molecule has 0 aliphatic carbocycles. The first-order valence-corrected chi connectivity index (χ1v) is 9.70. The van der Waals surface area contributed by atoms with Gasteiger partial charge in [0.25, 0.3) is 0 Å². The van der Waals surface area contributed by atoms with Crippen LogP contribution < -0.4 is 5.73 Å². The molecule has 4 heteroatoms. The highest BCUT2D eigenvalue weighted by molar-refractivity contribution is 7.96. The molecule has 3 aromatic carbocycles. The largest absolute Gasteiger partial charge is 0.380 e. The van der Waals surface area contributed by atoms with Gasteiger partial charge in [0, 0.05) is 0 Å². The number of rotatable bonds is 5. The summed E-state index contributed by atoms with van der Waals surface area (Å²) in [6.07, 6.45) is 0. The van der Waals surface area contributed by atoms with Gasteiger partial charge in [0.2, 0.25) is 5.12 Å². The number of carbonyl (C=O) groups is 1. The maximum atomic E-state index is 12.4. The van der Waals surface area contributed by atoms with Crippen LogP contribution in [0.2, 0.25) is 0 Å². The molecule has 0 aromatic heterocycles. The van der Waals surface area contributed by atoms with Crippen LogP contribution in [-0.2, 0) is 10.2 Å². The van der Waals surface area contributed by atoms with Gasteiger partial charge in [-0.15, -0.1) is 12.6 Å². The Bertz CT molecular complexity index is 768. The molecule has 1 unspecified atom stereocenters. The topological polar surface area (TPSA) is 63.3 Å². The van der Waals surface area contributed by atoms with Crippen LogP contribution in [0.15, 0.2) is 91.0 Å². The van der Waals surface area contributed by atoms with Crippen molar-refractivity contribution in [1.29, 1.82) is 0 Å². The van der Waals surface area contributed by atoms with E-state index in [0.29, 0.717) is 0 Å². The van der Waals surface area contributed by atoms with Crippen LogP contribution in [0, 0.1) is 0 Å². The van der Waals surface area contributed by atoms with Crippen molar-refractivity contribution in [1.82, 2.24) is 0 Å². The molecule has 3 N–H and O–H groups in total. The monoisotopic (exact) mass is 393 g/mol. The van der Waals surface area contributed by atoms with Crippen LogP contribution >= 0.6 is 12.6 Å². The van der Waals surface area contributed by atoms with Crippen molar-refractivity contribution in [3.05, 3.63) is 108 Å². The van der Waals surface area contributed by atoms with Crippen molar-refractivity contribution in [3.63, 3.8) is 0 Å². The van der Waals surface area contributed by atoms with Gasteiger partial charge in [-0.3, -0.25) is 4.79 Å². The molecule has 1 atom stereocenters. The minimum atomic E-state index is -1.75. The van der Waals surface area contributed by atoms with Gasteiger partial charge >= 0.3 is 0 Å². The molecule has 0 spiro atoms. The minimum absolute atomic E-state index is 0.580. The summed E-state index contributed by atoms with van der Waals surface area (Å²) in [5.41, 5.74) is 4.52. The Morgan fingerprint density at radius 2 is 1.07 bits per heavy atom. The second-order valence-electron chi connectivity index (χ2n) is 6.63. The zero-order valence-corrected chi connectivity index (χ0v) is 17.1. The van der Waals surface area contributed by atoms with Crippen molar-refractivity contribution in [2.75, 3.05) is 6.54 Å². The van der Waals surface area contributed by atoms with Gasteiger partial charge in [-0.1, -0.05) is 97.9 Å². The van der Waals surface area contributed by atoms with Gasteiger partial charge in [-0.2, -0.15) is 0 Å². The molecule has 28 heavy (non-hydrogen) atoms. The molecule has 0 saturated carbocycles. The van der Waals surface area contributed by atoms with Gasteiger partial charge in [-0.25, -0.2) is 0 Å². The molecule has 0 fully saturated rings. The van der Waals surface area contributed by atoms with E-state index in [4.69, 9.17) is 5.73 Å². The fourth-order valence-corrected chi connectivity index (χ4v) is 3.74. The summed E-state index contributed by atoms with van der Waals surface area (Å²) in [4.78, 5) is 12.4. The second-order valence-corrected chi connectivity index (χ2v) is 7.04. The normalized spacial score (nSPS) is 13.0. The van der Waals surface area contributed by atoms with E-state index in [9.17, 15) is 9.90 Å². The number of carbonyl (C=O) groups excluding carboxylic acids is 1. The SMILES string of the molecule is CC(O)(C(=O)S)C(c1ccccc1)(c1ccccc1)c1ccccc1.CCN. The first-order valence-electron chi connectivity index (χ1n) is 9.25. The summed E-state index contributed by atoms with van der Waals surface area (Å²) in [5, 5.41) is 10.9. The van der Waals surface area contributed by atoms with Gasteiger partial charge in [0.15, 0.2) is 0 Å². The summed E-state index contributed by atoms with van der Waals surface area (Å²) in [5.74, 6) is 0. The van der Waals surface area contributed by atoms with Crippen molar-refractivity contribution in [3.8, 4) is 0 Å². The van der Waals surface area contributed by atoms with Gasteiger partial charge in [-0.05, 0) is 30.2 Å². The summed E-state index contributed by atoms with van der Waals surface area (Å²) in [6.45, 7) is 4.19. The van der Waals surface area contributed by atoms with Crippen LogP contribution in [0.4, 0.5) is 0 Å². The maximum Gasteiger partial charge on any atom is 0.218 e. The van der Waals surface area contributed by atoms with Crippen molar-refractivity contribution in [2.24, 2.45) is 5.73 Å². The van der Waals surface area contributed by atoms with E-state index in [-0.39, 0.29) is 0 Å². The fraction of sp³-hybridized carbons (Fsp3) is 0.208. The van der Waals surface area contributed by atoms with Crippen molar-refractivity contribution >= 4 is 17.7 Å². The lowest BCUT2D eigenvalue weighted by Gasteiger charge is -2.45. The molecular weight excluding hydrogens is 366 g/mol. The smallest absolute Gasteiger partial charge is 0.218 e. The number of benzene rings is 3. The Kier molecular flexibility index (Phi) is 7.58. The average molecular weight is 394 g/mol. The highest BCUT2D eigenvalue weighted by Gasteiger charge is 2.54. The van der Waals surface area contributed by atoms with E-state index in [0.717, 1.165) is 23.2 Å². The Labute approximate surface area is 172 Å². The van der Waals surface area contributed by atoms with Gasteiger partial charge in [0.05, 0.1) is 5.41 Å². The quantitative estimate of drug-likeness (QED) is 0.450. The lowest BCUT2D eigenvalue weighted by atomic mass is 9.60. The molecule has 0 aliphatic heterocycles. The number of hydrogen-bond donors (Lipinski definition) is 3. The number of thiol groups is 1. The molecule has 3 aromatic rings. The third-order valence-electron chi connectivity index (χ3n) is 4.77. The molecule has 146 valence electrons. The van der Waals surface area contributed by atoms with E-state index < -0.39 is 16.1 Å². The van der Waals surface area contributed by atoms with Crippen LogP contribution in [0.1, 0.15) is 30.5 Å². The first-order chi connectivity index (χ1) is 13.4. The van der Waals surface area contributed by atoms with Crippen LogP contribution in [-0.4, -0.2) is 22.4 Å². The number of aliphatic hydroxyl groups is 1. The molecule has 0 radical (unpaired) electrons. The molecular formula is C24H27NO2S. The van der Waals surface area contributed by atoms with Gasteiger partial charge in [0.1, 0.15) is 5.60 Å². The van der Waals surface area contributed by atoms with E-state index in [1.807, 2.05) is 97.9 Å². The Morgan fingerprint density at radius 3 is 1.29 bits per heavy atom. The molecule has 3 rings (SSSR count). The van der Waals surface area contributed by atoms with E-state index in [1.54, 1.807) is 0 Å². The van der Waals surface area contributed by atoms with Crippen molar-refractivity contribution < 1.29 is 9.90 Å². The maximum absolute atomic E-state index is 12.4. The number of nitrogens with two attached hydrogens (primary N) is 1. The molecule has 0 heterocycles. The van der Waals surface area contributed by atoms with E-state index in [2.05, 4.69) is 12.6 Å². The van der Waals surface area contributed by atoms with Crippen LogP contribution in [0.3, 0.4) is 0 Å². The Hall–Kier alpha value is -2.40. The predicted octanol–water partition coefficient (Wildman–Crippen LogP) is 4.19. The highest BCUT2D eigenvalue weighted by atomic mass is 32.1. The van der Waals surface area contributed by atoms with Crippen LogP contribution in [0.5, 0.6) is 0 Å². The number of hydrogen-bond acceptors (Lipinski definition) is 3. The molecule has 0 amide bonds. The highest BCUT2D eigenvalue weighted by Crippen LogP contribution is 2.48. The summed E-state index contributed by atoms with van der Waals surface area (Å²) in [6, 6.07) is 28.8.